The Bertz CT molecular complexity index is 2160. The molecular formula is C43H50MgN4O5-2. The normalized spacial score (nSPS) is 22.6. The molecule has 3 aromatic heterocycles. The molecule has 2 aliphatic heterocycles. The predicted octanol–water partition coefficient (Wildman–Crippen LogP) is 6.04. The number of rotatable bonds is 11. The summed E-state index contributed by atoms with van der Waals surface area (Å²) in [7, 11) is 1.29. The number of methoxy groups -OCH3 is 1. The van der Waals surface area contributed by atoms with Crippen molar-refractivity contribution < 1.29 is 23.9 Å². The molecule has 0 aromatic carbocycles. The molecule has 53 heavy (non-hydrogen) atoms. The third-order valence-electron chi connectivity index (χ3n) is 11.2. The summed E-state index contributed by atoms with van der Waals surface area (Å²) in [6, 6.07) is 0. The van der Waals surface area contributed by atoms with E-state index in [-0.39, 0.29) is 59.7 Å². The van der Waals surface area contributed by atoms with E-state index in [1.165, 1.54) is 12.7 Å². The van der Waals surface area contributed by atoms with Crippen LogP contribution >= 0.6 is 0 Å². The van der Waals surface area contributed by atoms with Crippen molar-refractivity contribution in [1.82, 2.24) is 15.0 Å². The van der Waals surface area contributed by atoms with Crippen LogP contribution in [0.2, 0.25) is 0 Å². The monoisotopic (exact) mass is 726 g/mol. The van der Waals surface area contributed by atoms with E-state index in [1.54, 1.807) is 0 Å². The molecule has 1 aliphatic carbocycles. The van der Waals surface area contributed by atoms with Crippen LogP contribution in [0, 0.1) is 38.5 Å². The molecule has 3 aliphatic rings. The molecule has 3 aromatic rings. The van der Waals surface area contributed by atoms with Gasteiger partial charge in [0.05, 0.1) is 7.11 Å². The molecule has 3 atom stereocenters. The van der Waals surface area contributed by atoms with Crippen molar-refractivity contribution in [1.29, 1.82) is 0 Å². The molecule has 0 amide bonds. The topological polar surface area (TPSA) is 126 Å². The summed E-state index contributed by atoms with van der Waals surface area (Å²) < 4.78 is 10.9. The van der Waals surface area contributed by atoms with Crippen molar-refractivity contribution >= 4 is 64.6 Å². The molecule has 0 N–H and O–H groups in total. The fourth-order valence-corrected chi connectivity index (χ4v) is 8.05. The number of fused-ring (bicyclic) bond motifs is 7. The van der Waals surface area contributed by atoms with Gasteiger partial charge >= 0.3 is 35.0 Å². The van der Waals surface area contributed by atoms with Gasteiger partial charge in [0.2, 0.25) is 0 Å². The molecular weight excluding hydrogens is 677 g/mol. The van der Waals surface area contributed by atoms with Crippen LogP contribution in [0.3, 0.4) is 0 Å². The Kier molecular flexibility index (Phi) is 12.5. The van der Waals surface area contributed by atoms with Gasteiger partial charge in [-0.1, -0.05) is 91.3 Å². The summed E-state index contributed by atoms with van der Waals surface area (Å²) in [5.74, 6) is -2.94. The zero-order valence-electron chi connectivity index (χ0n) is 32.7. The summed E-state index contributed by atoms with van der Waals surface area (Å²) in [5, 5.41) is 6.88. The van der Waals surface area contributed by atoms with Crippen molar-refractivity contribution in [2.45, 2.75) is 100 Å². The molecule has 0 saturated carbocycles. The number of ether oxygens (including phenoxy) is 2. The molecule has 0 unspecified atom stereocenters. The van der Waals surface area contributed by atoms with Gasteiger partial charge in [-0.05, 0) is 77.7 Å². The van der Waals surface area contributed by atoms with E-state index in [2.05, 4.69) is 54.5 Å². The Hall–Kier alpha value is -4.02. The van der Waals surface area contributed by atoms with E-state index in [0.29, 0.717) is 40.2 Å². The van der Waals surface area contributed by atoms with Crippen LogP contribution in [0.25, 0.3) is 29.1 Å². The molecule has 10 heteroatoms. The van der Waals surface area contributed by atoms with Gasteiger partial charge in [0.15, 0.2) is 5.78 Å². The Morgan fingerprint density at radius 2 is 1.57 bits per heavy atom. The number of carbonyl (C=O) groups is 3. The second kappa shape index (κ2) is 16.6. The number of nitrogens with zero attached hydrogens (tertiary/aromatic N) is 4. The van der Waals surface area contributed by atoms with Gasteiger partial charge in [-0.15, -0.1) is 33.5 Å². The zero-order valence-corrected chi connectivity index (χ0v) is 34.1. The molecule has 1 saturated heterocycles. The summed E-state index contributed by atoms with van der Waals surface area (Å²) in [5.41, 5.74) is 11.4. The van der Waals surface area contributed by atoms with Crippen molar-refractivity contribution in [3.63, 3.8) is 0 Å². The number of hydrogen-bond donors (Lipinski definition) is 0. The first-order valence-corrected chi connectivity index (χ1v) is 18.7. The van der Waals surface area contributed by atoms with Gasteiger partial charge in [-0.3, -0.25) is 14.4 Å². The summed E-state index contributed by atoms with van der Waals surface area (Å²) in [6.45, 7) is 16.8. The molecule has 5 heterocycles. The van der Waals surface area contributed by atoms with Gasteiger partial charge < -0.3 is 29.7 Å². The first-order valence-electron chi connectivity index (χ1n) is 18.7. The van der Waals surface area contributed by atoms with Gasteiger partial charge in [0.25, 0.3) is 0 Å². The maximum absolute atomic E-state index is 14.2. The standard InChI is InChI=1S/C43H51N4O5.Mg/c1-10-13-14-22(4)17-18-52-36(48)16-15-29-25(7)32-19-30-23(5)27(11-2)34(44-30)20-31-24(6)28(12-3)35(45-31)21-33-26(8)37-41(47-33)38(40(29)46-32)39(42(37)49)43(50)51-9;/h17,19-21,25,29,39H,10-16,18H2,1-9H3,(H-,46,47,49);/q-3;+2/p-1/b22-17+,31-20-,32-19-,35-21-;/t25-,29-,39+;/m0./s1. The quantitative estimate of drug-likeness (QED) is 0.101. The maximum Gasteiger partial charge on any atom is 2.00 e. The van der Waals surface area contributed by atoms with Gasteiger partial charge in [0.1, 0.15) is 12.5 Å². The minimum atomic E-state index is -1.20. The van der Waals surface area contributed by atoms with Gasteiger partial charge in [-0.25, -0.2) is 0 Å². The maximum atomic E-state index is 14.2. The molecule has 8 bridgehead atoms. The predicted molar refractivity (Wildman–Crippen MR) is 209 cm³/mol. The van der Waals surface area contributed by atoms with Crippen molar-refractivity contribution in [2.75, 3.05) is 13.7 Å². The second-order valence-electron chi connectivity index (χ2n) is 14.4. The number of unbranched alkanes of at least 4 members (excludes halogenated alkanes) is 1. The van der Waals surface area contributed by atoms with Crippen LogP contribution in [-0.2, 0) is 31.9 Å². The molecule has 0 radical (unpaired) electrons. The van der Waals surface area contributed by atoms with E-state index >= 15 is 0 Å². The van der Waals surface area contributed by atoms with E-state index in [1.807, 2.05) is 25.2 Å². The van der Waals surface area contributed by atoms with Crippen LogP contribution in [0.15, 0.2) is 23.0 Å². The van der Waals surface area contributed by atoms with Crippen LogP contribution in [0.5, 0.6) is 0 Å². The van der Waals surface area contributed by atoms with Crippen molar-refractivity contribution in [2.24, 2.45) is 17.8 Å². The minimum Gasteiger partial charge on any atom is -0.664 e. The number of ketones is 1. The first-order chi connectivity index (χ1) is 24.9. The van der Waals surface area contributed by atoms with Gasteiger partial charge in [0, 0.05) is 12.0 Å². The summed E-state index contributed by atoms with van der Waals surface area (Å²) >= 11 is 0. The van der Waals surface area contributed by atoms with E-state index in [4.69, 9.17) is 29.7 Å². The Morgan fingerprint density at radius 1 is 0.868 bits per heavy atom. The van der Waals surface area contributed by atoms with Crippen LogP contribution in [0.1, 0.15) is 128 Å². The van der Waals surface area contributed by atoms with E-state index in [0.717, 1.165) is 82.1 Å². The molecule has 1 fully saturated rings. The third-order valence-corrected chi connectivity index (χ3v) is 11.2. The third kappa shape index (κ3) is 7.41. The van der Waals surface area contributed by atoms with E-state index < -0.39 is 11.9 Å². The second-order valence-corrected chi connectivity index (χ2v) is 14.4. The number of esters is 2. The van der Waals surface area contributed by atoms with Gasteiger partial charge in [-0.2, -0.15) is 11.4 Å². The average molecular weight is 727 g/mol. The van der Waals surface area contributed by atoms with Crippen molar-refractivity contribution in [3.05, 3.63) is 95.2 Å². The minimum absolute atomic E-state index is 0. The molecule has 276 valence electrons. The van der Waals surface area contributed by atoms with Crippen LogP contribution in [0.4, 0.5) is 0 Å². The first kappa shape index (κ1) is 40.2. The molecule has 9 nitrogen and oxygen atoms in total. The number of allylic oxidation sites excluding steroid dienone is 3. The Morgan fingerprint density at radius 3 is 2.25 bits per heavy atom. The summed E-state index contributed by atoms with van der Waals surface area (Å²) in [4.78, 5) is 56.0. The molecule has 6 rings (SSSR count). The largest absolute Gasteiger partial charge is 2.00 e. The van der Waals surface area contributed by atoms with E-state index in [9.17, 15) is 14.4 Å². The molecule has 0 spiro atoms. The number of aromatic nitrogens is 3. The summed E-state index contributed by atoms with van der Waals surface area (Å²) in [6.07, 6.45) is 13.4. The Balaban J connectivity index is 0.00000541. The Labute approximate surface area is 329 Å². The fraction of sp³-hybridized carbons (Fsp3) is 0.465. The number of hydrogen-bond acceptors (Lipinski definition) is 5. The zero-order chi connectivity index (χ0) is 37.4. The van der Waals surface area contributed by atoms with Crippen LogP contribution in [-0.4, -0.2) is 54.5 Å². The SMILES string of the molecule is CCCC/C(C)=C/COC(=O)CC[C@@H]1/C2=C3/c4[n-]c(c(C)c4C(=O)[C@@H]3C(=O)OC)/C=c3\[n-]/c(c(C)c3CC)=C\c3[n-]c(c(C)c3CC)/C=C(\[N-]2)[C@H]1C.[Mg+2]. The average Bonchev–Trinajstić information content (AvgIpc) is 3.86. The smallest absolute Gasteiger partial charge is 0.664 e. The fourth-order valence-electron chi connectivity index (χ4n) is 8.05. The van der Waals surface area contributed by atoms with Crippen LogP contribution < -0.4 is 25.7 Å². The number of carbonyl (C=O) groups excluding carboxylic acids is 3. The number of Topliss-reactive ketones (excluding diaryl/α,β-unsaturated/α-hetero) is 1. The van der Waals surface area contributed by atoms with Crippen molar-refractivity contribution in [3.8, 4) is 0 Å².